The van der Waals surface area contributed by atoms with E-state index in [9.17, 15) is 18.8 Å². The number of anilines is 2. The molecule has 3 aromatic rings. The van der Waals surface area contributed by atoms with Crippen LogP contribution in [-0.4, -0.2) is 80.2 Å². The number of carbonyl (C=O) groups excluding carboxylic acids is 3. The van der Waals surface area contributed by atoms with Gasteiger partial charge in [0.2, 0.25) is 5.91 Å². The molecule has 2 fully saturated rings. The summed E-state index contributed by atoms with van der Waals surface area (Å²) >= 11 is 0. The number of cyclic esters (lactones) is 1. The van der Waals surface area contributed by atoms with Crippen LogP contribution in [0.25, 0.3) is 10.9 Å². The number of alkyl carbamates (subject to hydrolysis) is 1. The van der Waals surface area contributed by atoms with Crippen molar-refractivity contribution >= 4 is 40.4 Å². The van der Waals surface area contributed by atoms with Gasteiger partial charge in [-0.05, 0) is 50.6 Å². The standard InChI is InChI=1S/C30H36FN5O6/c1-30(2,3)42-28(38)34-25(14-19-16-32-24-7-5-4-6-22(19)24)27(37)33-17-21-18-36(29(39)41-21)20-8-9-26(23(31)15-20)35-10-12-40-13-11-35/h4-9,15-16,21,25,32H,10-14,17-18H2,1-3H3,(H,33,37)(H,34,38)/t21-,25?/m0/s1. The highest BCUT2D eigenvalue weighted by molar-refractivity contribution is 5.91. The lowest BCUT2D eigenvalue weighted by molar-refractivity contribution is -0.123. The largest absolute Gasteiger partial charge is 0.444 e. The van der Waals surface area contributed by atoms with Gasteiger partial charge in [0.05, 0.1) is 37.7 Å². The number of rotatable bonds is 8. The molecule has 2 aliphatic heterocycles. The van der Waals surface area contributed by atoms with Gasteiger partial charge in [-0.25, -0.2) is 14.0 Å². The molecule has 0 aliphatic carbocycles. The second-order valence-corrected chi connectivity index (χ2v) is 11.4. The van der Waals surface area contributed by atoms with Crippen LogP contribution in [0, 0.1) is 5.82 Å². The smallest absolute Gasteiger partial charge is 0.414 e. The van der Waals surface area contributed by atoms with E-state index in [4.69, 9.17) is 14.2 Å². The van der Waals surface area contributed by atoms with Gasteiger partial charge in [0.1, 0.15) is 23.6 Å². The molecule has 2 saturated heterocycles. The molecule has 12 heteroatoms. The predicted molar refractivity (Wildman–Crippen MR) is 155 cm³/mol. The Labute approximate surface area is 243 Å². The zero-order chi connectivity index (χ0) is 29.9. The van der Waals surface area contributed by atoms with Crippen molar-refractivity contribution in [2.24, 2.45) is 0 Å². The minimum Gasteiger partial charge on any atom is -0.444 e. The number of morpholine rings is 1. The van der Waals surface area contributed by atoms with Crippen LogP contribution in [0.15, 0.2) is 48.7 Å². The molecular formula is C30H36FN5O6. The van der Waals surface area contributed by atoms with Crippen LogP contribution in [0.3, 0.4) is 0 Å². The first-order chi connectivity index (χ1) is 20.1. The SMILES string of the molecule is CC(C)(C)OC(=O)NC(Cc1c[nH]c2ccccc12)C(=O)NC[C@H]1CN(c2ccc(N3CCOCC3)c(F)c2)C(=O)O1. The molecule has 1 unspecified atom stereocenters. The van der Waals surface area contributed by atoms with Crippen LogP contribution in [0.4, 0.5) is 25.4 Å². The van der Waals surface area contributed by atoms with E-state index in [1.165, 1.54) is 11.0 Å². The number of aromatic amines is 1. The fraction of sp³-hybridized carbons (Fsp3) is 0.433. The molecule has 3 N–H and O–H groups in total. The van der Waals surface area contributed by atoms with Crippen molar-refractivity contribution in [2.45, 2.75) is 44.9 Å². The van der Waals surface area contributed by atoms with Crippen LogP contribution in [0.1, 0.15) is 26.3 Å². The van der Waals surface area contributed by atoms with E-state index in [0.717, 1.165) is 16.5 Å². The fourth-order valence-corrected chi connectivity index (χ4v) is 5.08. The number of halogens is 1. The van der Waals surface area contributed by atoms with Crippen LogP contribution in [0.2, 0.25) is 0 Å². The van der Waals surface area contributed by atoms with E-state index >= 15 is 0 Å². The zero-order valence-electron chi connectivity index (χ0n) is 23.9. The number of H-pyrrole nitrogens is 1. The Hall–Kier alpha value is -4.32. The van der Waals surface area contributed by atoms with Crippen LogP contribution in [-0.2, 0) is 25.4 Å². The highest BCUT2D eigenvalue weighted by Crippen LogP contribution is 2.28. The van der Waals surface area contributed by atoms with Gasteiger partial charge in [0.25, 0.3) is 0 Å². The number of amides is 3. The number of hydrogen-bond donors (Lipinski definition) is 3. The van der Waals surface area contributed by atoms with E-state index in [-0.39, 0.29) is 19.5 Å². The van der Waals surface area contributed by atoms with Crippen LogP contribution < -0.4 is 20.4 Å². The van der Waals surface area contributed by atoms with Crippen molar-refractivity contribution < 1.29 is 33.0 Å². The second kappa shape index (κ2) is 12.3. The molecule has 2 aliphatic rings. The van der Waals surface area contributed by atoms with Crippen molar-refractivity contribution in [1.82, 2.24) is 15.6 Å². The maximum Gasteiger partial charge on any atom is 0.414 e. The van der Waals surface area contributed by atoms with Gasteiger partial charge in [-0.1, -0.05) is 18.2 Å². The van der Waals surface area contributed by atoms with Gasteiger partial charge in [0.15, 0.2) is 0 Å². The van der Waals surface area contributed by atoms with E-state index < -0.39 is 41.7 Å². The van der Waals surface area contributed by atoms with Gasteiger partial charge >= 0.3 is 12.2 Å². The monoisotopic (exact) mass is 581 g/mol. The minimum atomic E-state index is -0.950. The number of fused-ring (bicyclic) bond motifs is 1. The third-order valence-corrected chi connectivity index (χ3v) is 7.08. The van der Waals surface area contributed by atoms with E-state index in [1.807, 2.05) is 35.4 Å². The number of para-hydroxylation sites is 1. The van der Waals surface area contributed by atoms with Crippen LogP contribution in [0.5, 0.6) is 0 Å². The lowest BCUT2D eigenvalue weighted by atomic mass is 10.0. The predicted octanol–water partition coefficient (Wildman–Crippen LogP) is 3.72. The summed E-state index contributed by atoms with van der Waals surface area (Å²) < 4.78 is 31.1. The molecule has 0 saturated carbocycles. The Bertz CT molecular complexity index is 1450. The topological polar surface area (TPSA) is 125 Å². The Balaban J connectivity index is 1.23. The van der Waals surface area contributed by atoms with E-state index in [2.05, 4.69) is 15.6 Å². The quantitative estimate of drug-likeness (QED) is 0.370. The van der Waals surface area contributed by atoms with Gasteiger partial charge in [-0.3, -0.25) is 9.69 Å². The number of carbonyl (C=O) groups is 3. The van der Waals surface area contributed by atoms with Crippen molar-refractivity contribution in [1.29, 1.82) is 0 Å². The maximum absolute atomic E-state index is 14.9. The Morgan fingerprint density at radius 1 is 1.17 bits per heavy atom. The van der Waals surface area contributed by atoms with Crippen molar-refractivity contribution in [3.8, 4) is 0 Å². The van der Waals surface area contributed by atoms with E-state index in [0.29, 0.717) is 37.7 Å². The summed E-state index contributed by atoms with van der Waals surface area (Å²) in [5, 5.41) is 6.41. The van der Waals surface area contributed by atoms with Gasteiger partial charge in [-0.15, -0.1) is 0 Å². The summed E-state index contributed by atoms with van der Waals surface area (Å²) in [6, 6.07) is 11.4. The molecule has 224 valence electrons. The lowest BCUT2D eigenvalue weighted by Gasteiger charge is -2.29. The minimum absolute atomic E-state index is 0.00972. The average molecular weight is 582 g/mol. The molecule has 0 bridgehead atoms. The molecule has 3 amide bonds. The van der Waals surface area contributed by atoms with Crippen molar-refractivity contribution in [3.05, 3.63) is 60.0 Å². The summed E-state index contributed by atoms with van der Waals surface area (Å²) in [5.74, 6) is -0.895. The zero-order valence-corrected chi connectivity index (χ0v) is 23.9. The molecule has 42 heavy (non-hydrogen) atoms. The molecule has 2 aromatic carbocycles. The molecule has 11 nitrogen and oxygen atoms in total. The first-order valence-electron chi connectivity index (χ1n) is 14.0. The first kappa shape index (κ1) is 29.2. The van der Waals surface area contributed by atoms with E-state index in [1.54, 1.807) is 32.9 Å². The normalized spacial score (nSPS) is 18.1. The summed E-state index contributed by atoms with van der Waals surface area (Å²) in [5.41, 5.74) is 1.84. The van der Waals surface area contributed by atoms with Crippen molar-refractivity contribution in [2.75, 3.05) is 49.2 Å². The Morgan fingerprint density at radius 3 is 2.67 bits per heavy atom. The highest BCUT2D eigenvalue weighted by atomic mass is 19.1. The highest BCUT2D eigenvalue weighted by Gasteiger charge is 2.34. The number of benzene rings is 2. The fourth-order valence-electron chi connectivity index (χ4n) is 5.08. The number of nitrogens with one attached hydrogen (secondary N) is 3. The molecule has 0 radical (unpaired) electrons. The summed E-state index contributed by atoms with van der Waals surface area (Å²) in [6.07, 6.45) is -0.000362. The summed E-state index contributed by atoms with van der Waals surface area (Å²) in [6.45, 7) is 7.60. The number of nitrogens with zero attached hydrogens (tertiary/aromatic N) is 2. The third kappa shape index (κ3) is 6.93. The molecular weight excluding hydrogens is 545 g/mol. The molecule has 1 aromatic heterocycles. The Morgan fingerprint density at radius 2 is 1.93 bits per heavy atom. The number of ether oxygens (including phenoxy) is 3. The summed E-state index contributed by atoms with van der Waals surface area (Å²) in [4.78, 5) is 45.0. The third-order valence-electron chi connectivity index (χ3n) is 7.08. The van der Waals surface area contributed by atoms with Gasteiger partial charge in [0, 0.05) is 36.6 Å². The molecule has 0 spiro atoms. The van der Waals surface area contributed by atoms with Gasteiger partial charge < -0.3 is 34.7 Å². The molecule has 5 rings (SSSR count). The van der Waals surface area contributed by atoms with Gasteiger partial charge in [-0.2, -0.15) is 0 Å². The first-order valence-corrected chi connectivity index (χ1v) is 14.0. The lowest BCUT2D eigenvalue weighted by Crippen LogP contribution is -2.50. The number of aromatic nitrogens is 1. The Kier molecular flexibility index (Phi) is 8.53. The van der Waals surface area contributed by atoms with Crippen molar-refractivity contribution in [3.63, 3.8) is 0 Å². The maximum atomic E-state index is 14.9. The summed E-state index contributed by atoms with van der Waals surface area (Å²) in [7, 11) is 0. The number of hydrogen-bond acceptors (Lipinski definition) is 7. The molecule has 3 heterocycles. The average Bonchev–Trinajstić information content (AvgIpc) is 3.53. The van der Waals surface area contributed by atoms with Crippen LogP contribution >= 0.6 is 0 Å². The second-order valence-electron chi connectivity index (χ2n) is 11.4. The molecule has 2 atom stereocenters.